The molecule has 1 aliphatic heterocycles. The first-order valence-corrected chi connectivity index (χ1v) is 10.1. The molecule has 2 aromatic rings. The maximum Gasteiger partial charge on any atom is 0.250 e. The van der Waals surface area contributed by atoms with E-state index in [4.69, 9.17) is 0 Å². The molecule has 138 valence electrons. The van der Waals surface area contributed by atoms with Gasteiger partial charge in [0.15, 0.2) is 5.13 Å². The lowest BCUT2D eigenvalue weighted by molar-refractivity contribution is -0.111. The minimum atomic E-state index is -0.141. The first-order valence-electron chi connectivity index (χ1n) is 9.24. The lowest BCUT2D eigenvalue weighted by Crippen LogP contribution is -2.32. The number of aryl methyl sites for hydroxylation is 2. The Kier molecular flexibility index (Phi) is 6.22. The van der Waals surface area contributed by atoms with Crippen LogP contribution in [0, 0.1) is 19.8 Å². The number of amides is 1. The van der Waals surface area contributed by atoms with Gasteiger partial charge in [-0.15, -0.1) is 11.3 Å². The zero-order valence-electron chi connectivity index (χ0n) is 15.8. The molecular weight excluding hydrogens is 342 g/mol. The molecule has 1 aliphatic rings. The summed E-state index contributed by atoms with van der Waals surface area (Å²) >= 11 is 1.59. The topological polar surface area (TPSA) is 45.2 Å². The third-order valence-electron chi connectivity index (χ3n) is 4.87. The molecule has 0 aliphatic carbocycles. The van der Waals surface area contributed by atoms with Gasteiger partial charge >= 0.3 is 0 Å². The van der Waals surface area contributed by atoms with Gasteiger partial charge in [0.05, 0.1) is 5.69 Å². The molecule has 1 amide bonds. The van der Waals surface area contributed by atoms with E-state index in [0.29, 0.717) is 5.13 Å². The fraction of sp³-hybridized carbons (Fsp3) is 0.429. The van der Waals surface area contributed by atoms with Crippen LogP contribution in [0.15, 0.2) is 30.3 Å². The van der Waals surface area contributed by atoms with E-state index >= 15 is 0 Å². The minimum Gasteiger partial charge on any atom is -0.298 e. The summed E-state index contributed by atoms with van der Waals surface area (Å²) in [6.07, 6.45) is 5.93. The highest BCUT2D eigenvalue weighted by Crippen LogP contribution is 2.26. The molecule has 0 atom stereocenters. The van der Waals surface area contributed by atoms with E-state index in [1.807, 2.05) is 44.2 Å². The van der Waals surface area contributed by atoms with Crippen LogP contribution in [0.25, 0.3) is 6.08 Å². The van der Waals surface area contributed by atoms with Crippen molar-refractivity contribution in [2.24, 2.45) is 5.92 Å². The molecule has 1 aromatic heterocycles. The van der Waals surface area contributed by atoms with Gasteiger partial charge < -0.3 is 0 Å². The summed E-state index contributed by atoms with van der Waals surface area (Å²) < 4.78 is 0. The third-order valence-corrected chi connectivity index (χ3v) is 5.93. The number of hydrogen-bond acceptors (Lipinski definition) is 4. The van der Waals surface area contributed by atoms with Gasteiger partial charge in [0.25, 0.3) is 0 Å². The summed E-state index contributed by atoms with van der Waals surface area (Å²) in [4.78, 5) is 20.4. The zero-order valence-corrected chi connectivity index (χ0v) is 16.6. The molecular formula is C21H27N3OS. The molecule has 0 spiro atoms. The van der Waals surface area contributed by atoms with Crippen LogP contribution < -0.4 is 5.32 Å². The van der Waals surface area contributed by atoms with Gasteiger partial charge in [-0.1, -0.05) is 36.8 Å². The average Bonchev–Trinajstić information content (AvgIpc) is 2.95. The summed E-state index contributed by atoms with van der Waals surface area (Å²) in [6.45, 7) is 9.64. The van der Waals surface area contributed by atoms with Crippen molar-refractivity contribution in [3.05, 3.63) is 52.0 Å². The van der Waals surface area contributed by atoms with Gasteiger partial charge in [-0.3, -0.25) is 15.0 Å². The van der Waals surface area contributed by atoms with Gasteiger partial charge in [-0.2, -0.15) is 0 Å². The van der Waals surface area contributed by atoms with Gasteiger partial charge in [0, 0.05) is 17.5 Å². The molecule has 26 heavy (non-hydrogen) atoms. The lowest BCUT2D eigenvalue weighted by atomic mass is 9.99. The first-order chi connectivity index (χ1) is 12.5. The Morgan fingerprint density at radius 3 is 2.65 bits per heavy atom. The van der Waals surface area contributed by atoms with Crippen LogP contribution in [0.3, 0.4) is 0 Å². The number of aromatic nitrogens is 1. The smallest absolute Gasteiger partial charge is 0.250 e. The molecule has 5 heteroatoms. The van der Waals surface area contributed by atoms with Crippen molar-refractivity contribution in [3.8, 4) is 0 Å². The molecule has 3 rings (SSSR count). The lowest BCUT2D eigenvalue weighted by Gasteiger charge is -2.29. The monoisotopic (exact) mass is 369 g/mol. The van der Waals surface area contributed by atoms with E-state index < -0.39 is 0 Å². The average molecular weight is 370 g/mol. The van der Waals surface area contributed by atoms with Crippen molar-refractivity contribution < 1.29 is 4.79 Å². The number of piperidine rings is 1. The van der Waals surface area contributed by atoms with E-state index in [1.54, 1.807) is 17.4 Å². The number of likely N-dealkylation sites (tertiary alicyclic amines) is 1. The van der Waals surface area contributed by atoms with Crippen LogP contribution in [0.1, 0.15) is 41.5 Å². The second-order valence-corrected chi connectivity index (χ2v) is 8.30. The number of rotatable bonds is 5. The van der Waals surface area contributed by atoms with Gasteiger partial charge in [0.1, 0.15) is 0 Å². The fourth-order valence-corrected chi connectivity index (χ4v) is 4.06. The third kappa shape index (κ3) is 5.26. The fourth-order valence-electron chi connectivity index (χ4n) is 3.05. The summed E-state index contributed by atoms with van der Waals surface area (Å²) in [5, 5.41) is 3.57. The molecule has 1 aromatic carbocycles. The van der Waals surface area contributed by atoms with Gasteiger partial charge in [0.2, 0.25) is 5.91 Å². The van der Waals surface area contributed by atoms with E-state index in [-0.39, 0.29) is 5.91 Å². The number of carbonyl (C=O) groups excluding carboxylic acids is 1. The normalized spacial score (nSPS) is 16.3. The van der Waals surface area contributed by atoms with Gasteiger partial charge in [-0.25, -0.2) is 4.98 Å². The van der Waals surface area contributed by atoms with Crippen LogP contribution in [-0.2, 0) is 11.3 Å². The van der Waals surface area contributed by atoms with Crippen LogP contribution in [0.4, 0.5) is 5.13 Å². The minimum absolute atomic E-state index is 0.141. The Morgan fingerprint density at radius 1 is 1.27 bits per heavy atom. The Hall–Kier alpha value is -1.98. The predicted molar refractivity (Wildman–Crippen MR) is 109 cm³/mol. The number of carbonyl (C=O) groups is 1. The molecule has 1 fully saturated rings. The molecule has 0 radical (unpaired) electrons. The Bertz CT molecular complexity index is 771. The number of anilines is 1. The number of nitrogens with one attached hydrogen (secondary N) is 1. The molecule has 0 bridgehead atoms. The van der Waals surface area contributed by atoms with Crippen LogP contribution in [-0.4, -0.2) is 28.9 Å². The summed E-state index contributed by atoms with van der Waals surface area (Å²) in [7, 11) is 0. The Balaban J connectivity index is 1.56. The highest BCUT2D eigenvalue weighted by atomic mass is 32.1. The number of hydrogen-bond donors (Lipinski definition) is 1. The maximum absolute atomic E-state index is 12.2. The summed E-state index contributed by atoms with van der Waals surface area (Å²) in [6, 6.07) is 8.08. The van der Waals surface area contributed by atoms with Crippen LogP contribution in [0.2, 0.25) is 0 Å². The van der Waals surface area contributed by atoms with Crippen molar-refractivity contribution in [3.63, 3.8) is 0 Å². The Labute approximate surface area is 160 Å². The van der Waals surface area contributed by atoms with E-state index in [1.165, 1.54) is 23.3 Å². The Morgan fingerprint density at radius 2 is 1.96 bits per heavy atom. The molecule has 4 nitrogen and oxygen atoms in total. The molecule has 1 N–H and O–H groups in total. The number of thiazole rings is 1. The highest BCUT2D eigenvalue weighted by molar-refractivity contribution is 7.15. The standard InChI is InChI=1S/C21H27N3OS/c1-15-4-6-18(7-5-15)8-9-20(25)23-21-22-17(3)19(26-21)14-24-12-10-16(2)11-13-24/h4-9,16H,10-14H2,1-3H3,(H,22,23,25)/b9-8+. The second-order valence-electron chi connectivity index (χ2n) is 7.22. The predicted octanol–water partition coefficient (Wildman–Crippen LogP) is 4.64. The van der Waals surface area contributed by atoms with Crippen LogP contribution in [0.5, 0.6) is 0 Å². The van der Waals surface area contributed by atoms with Crippen molar-refractivity contribution >= 4 is 28.5 Å². The van der Waals surface area contributed by atoms with E-state index in [9.17, 15) is 4.79 Å². The largest absolute Gasteiger partial charge is 0.298 e. The highest BCUT2D eigenvalue weighted by Gasteiger charge is 2.18. The first kappa shape index (κ1) is 18.8. The molecule has 1 saturated heterocycles. The van der Waals surface area contributed by atoms with E-state index in [2.05, 4.69) is 22.1 Å². The van der Waals surface area contributed by atoms with Crippen LogP contribution >= 0.6 is 11.3 Å². The SMILES string of the molecule is Cc1ccc(/C=C/C(=O)Nc2nc(C)c(CN3CCC(C)CC3)s2)cc1. The van der Waals surface area contributed by atoms with Gasteiger partial charge in [-0.05, 0) is 57.3 Å². The second kappa shape index (κ2) is 8.60. The molecule has 2 heterocycles. The van der Waals surface area contributed by atoms with Crippen molar-refractivity contribution in [1.29, 1.82) is 0 Å². The van der Waals surface area contributed by atoms with Crippen molar-refractivity contribution in [2.45, 2.75) is 40.2 Å². The van der Waals surface area contributed by atoms with E-state index in [0.717, 1.165) is 36.8 Å². The summed E-state index contributed by atoms with van der Waals surface area (Å²) in [5.74, 6) is 0.696. The number of benzene rings is 1. The summed E-state index contributed by atoms with van der Waals surface area (Å²) in [5.41, 5.74) is 3.24. The van der Waals surface area contributed by atoms with Crippen molar-refractivity contribution in [1.82, 2.24) is 9.88 Å². The zero-order chi connectivity index (χ0) is 18.5. The molecule has 0 saturated carbocycles. The number of nitrogens with zero attached hydrogens (tertiary/aromatic N) is 2. The maximum atomic E-state index is 12.2. The quantitative estimate of drug-likeness (QED) is 0.781. The molecule has 0 unspecified atom stereocenters. The van der Waals surface area contributed by atoms with Crippen molar-refractivity contribution in [2.75, 3.05) is 18.4 Å².